The summed E-state index contributed by atoms with van der Waals surface area (Å²) in [5.41, 5.74) is 0. The molecule has 1 amide bonds. The van der Waals surface area contributed by atoms with Gasteiger partial charge in [-0.25, -0.2) is 0 Å². The molecule has 19 heavy (non-hydrogen) atoms. The second kappa shape index (κ2) is 7.82. The van der Waals surface area contributed by atoms with Crippen LogP contribution in [0.4, 0.5) is 0 Å². The Morgan fingerprint density at radius 1 is 1.26 bits per heavy atom. The summed E-state index contributed by atoms with van der Waals surface area (Å²) in [4.78, 5) is 16.7. The molecule has 110 valence electrons. The van der Waals surface area contributed by atoms with E-state index in [1.807, 2.05) is 4.90 Å². The summed E-state index contributed by atoms with van der Waals surface area (Å²) >= 11 is 0. The lowest BCUT2D eigenvalue weighted by atomic mass is 10.1. The van der Waals surface area contributed by atoms with Crippen LogP contribution in [0.25, 0.3) is 0 Å². The second-order valence-corrected chi connectivity index (χ2v) is 5.57. The molecule has 2 rings (SSSR count). The van der Waals surface area contributed by atoms with E-state index in [4.69, 9.17) is 4.74 Å². The molecule has 0 aliphatic carbocycles. The first-order valence-corrected chi connectivity index (χ1v) is 7.52. The molecule has 0 saturated carbocycles. The van der Waals surface area contributed by atoms with Crippen molar-refractivity contribution in [3.63, 3.8) is 0 Å². The highest BCUT2D eigenvalue weighted by atomic mass is 16.5. The van der Waals surface area contributed by atoms with Crippen molar-refractivity contribution in [2.45, 2.75) is 31.7 Å². The molecule has 1 unspecified atom stereocenters. The molecule has 0 bridgehead atoms. The molecule has 0 aromatic rings. The van der Waals surface area contributed by atoms with Gasteiger partial charge in [0.25, 0.3) is 0 Å². The summed E-state index contributed by atoms with van der Waals surface area (Å²) in [7, 11) is 1.74. The van der Waals surface area contributed by atoms with Gasteiger partial charge >= 0.3 is 0 Å². The van der Waals surface area contributed by atoms with Gasteiger partial charge in [-0.1, -0.05) is 0 Å². The van der Waals surface area contributed by atoms with Crippen molar-refractivity contribution >= 4 is 5.91 Å². The molecule has 0 radical (unpaired) electrons. The SMILES string of the molecule is COCCN1CCCN(C(=O)CC2CCCN2)CC1. The minimum atomic E-state index is 0.327. The summed E-state index contributed by atoms with van der Waals surface area (Å²) in [5.74, 6) is 0.327. The number of methoxy groups -OCH3 is 1. The lowest BCUT2D eigenvalue weighted by Gasteiger charge is -2.23. The highest BCUT2D eigenvalue weighted by Crippen LogP contribution is 2.12. The molecule has 2 aliphatic heterocycles. The number of amides is 1. The third-order valence-electron chi connectivity index (χ3n) is 4.14. The summed E-state index contributed by atoms with van der Waals surface area (Å²) in [6, 6.07) is 0.417. The van der Waals surface area contributed by atoms with Crippen LogP contribution in [0.3, 0.4) is 0 Å². The first kappa shape index (κ1) is 14.8. The Kier molecular flexibility index (Phi) is 6.07. The summed E-state index contributed by atoms with van der Waals surface area (Å²) in [6.07, 6.45) is 4.12. The Bertz CT molecular complexity index is 280. The quantitative estimate of drug-likeness (QED) is 0.780. The zero-order chi connectivity index (χ0) is 13.5. The van der Waals surface area contributed by atoms with Crippen molar-refractivity contribution in [3.05, 3.63) is 0 Å². The van der Waals surface area contributed by atoms with Crippen LogP contribution in [0.15, 0.2) is 0 Å². The van der Waals surface area contributed by atoms with Gasteiger partial charge in [-0.3, -0.25) is 9.69 Å². The molecular weight excluding hydrogens is 242 g/mol. The first-order chi connectivity index (χ1) is 9.29. The van der Waals surface area contributed by atoms with Crippen molar-refractivity contribution in [3.8, 4) is 0 Å². The number of nitrogens with one attached hydrogen (secondary N) is 1. The minimum absolute atomic E-state index is 0.327. The van der Waals surface area contributed by atoms with Crippen LogP contribution in [0, 0.1) is 0 Å². The van der Waals surface area contributed by atoms with Crippen molar-refractivity contribution < 1.29 is 9.53 Å². The Labute approximate surface area is 116 Å². The van der Waals surface area contributed by atoms with Crippen LogP contribution in [0.2, 0.25) is 0 Å². The Morgan fingerprint density at radius 3 is 2.89 bits per heavy atom. The fourth-order valence-electron chi connectivity index (χ4n) is 2.94. The average molecular weight is 269 g/mol. The zero-order valence-electron chi connectivity index (χ0n) is 12.1. The maximum Gasteiger partial charge on any atom is 0.224 e. The third-order valence-corrected chi connectivity index (χ3v) is 4.14. The molecule has 0 spiro atoms. The molecule has 5 heteroatoms. The summed E-state index contributed by atoms with van der Waals surface area (Å²) in [6.45, 7) is 6.66. The Hall–Kier alpha value is -0.650. The van der Waals surface area contributed by atoms with Gasteiger partial charge in [-0.2, -0.15) is 0 Å². The molecule has 5 nitrogen and oxygen atoms in total. The van der Waals surface area contributed by atoms with Crippen molar-refractivity contribution in [2.24, 2.45) is 0 Å². The van der Waals surface area contributed by atoms with E-state index in [1.165, 1.54) is 6.42 Å². The smallest absolute Gasteiger partial charge is 0.224 e. The molecule has 0 aromatic carbocycles. The van der Waals surface area contributed by atoms with Crippen LogP contribution in [0.1, 0.15) is 25.7 Å². The summed E-state index contributed by atoms with van der Waals surface area (Å²) in [5, 5.41) is 3.40. The topological polar surface area (TPSA) is 44.8 Å². The van der Waals surface area contributed by atoms with Crippen molar-refractivity contribution in [1.82, 2.24) is 15.1 Å². The van der Waals surface area contributed by atoms with Crippen LogP contribution in [-0.4, -0.2) is 74.7 Å². The molecule has 2 fully saturated rings. The molecule has 2 aliphatic rings. The van der Waals surface area contributed by atoms with E-state index < -0.39 is 0 Å². The van der Waals surface area contributed by atoms with Gasteiger partial charge in [0.05, 0.1) is 6.61 Å². The van der Waals surface area contributed by atoms with Crippen LogP contribution in [0.5, 0.6) is 0 Å². The molecule has 0 aromatic heterocycles. The third kappa shape index (κ3) is 4.75. The monoisotopic (exact) mass is 269 g/mol. The highest BCUT2D eigenvalue weighted by molar-refractivity contribution is 5.76. The van der Waals surface area contributed by atoms with Crippen molar-refractivity contribution in [1.29, 1.82) is 0 Å². The lowest BCUT2D eigenvalue weighted by Crippen LogP contribution is -2.38. The van der Waals surface area contributed by atoms with Gasteiger partial charge in [0.2, 0.25) is 5.91 Å². The van der Waals surface area contributed by atoms with E-state index in [9.17, 15) is 4.79 Å². The number of rotatable bonds is 5. The van der Waals surface area contributed by atoms with Crippen LogP contribution in [-0.2, 0) is 9.53 Å². The molecule has 2 heterocycles. The minimum Gasteiger partial charge on any atom is -0.383 e. The van der Waals surface area contributed by atoms with Gasteiger partial charge in [0.15, 0.2) is 0 Å². The van der Waals surface area contributed by atoms with Crippen LogP contribution < -0.4 is 5.32 Å². The van der Waals surface area contributed by atoms with Gasteiger partial charge in [-0.05, 0) is 32.4 Å². The van der Waals surface area contributed by atoms with E-state index >= 15 is 0 Å². The number of carbonyl (C=O) groups excluding carboxylic acids is 1. The molecule has 1 atom stereocenters. The first-order valence-electron chi connectivity index (χ1n) is 7.52. The van der Waals surface area contributed by atoms with E-state index in [-0.39, 0.29) is 0 Å². The van der Waals surface area contributed by atoms with Crippen LogP contribution >= 0.6 is 0 Å². The normalized spacial score (nSPS) is 25.5. The van der Waals surface area contributed by atoms with Gasteiger partial charge in [-0.15, -0.1) is 0 Å². The molecule has 1 N–H and O–H groups in total. The maximum absolute atomic E-state index is 12.3. The Balaban J connectivity index is 1.73. The maximum atomic E-state index is 12.3. The number of carbonyl (C=O) groups is 1. The largest absolute Gasteiger partial charge is 0.383 e. The second-order valence-electron chi connectivity index (χ2n) is 5.57. The zero-order valence-corrected chi connectivity index (χ0v) is 12.1. The lowest BCUT2D eigenvalue weighted by molar-refractivity contribution is -0.131. The molecular formula is C14H27N3O2. The van der Waals surface area contributed by atoms with E-state index in [0.29, 0.717) is 18.4 Å². The predicted molar refractivity (Wildman–Crippen MR) is 75.2 cm³/mol. The Morgan fingerprint density at radius 2 is 2.16 bits per heavy atom. The number of hydrogen-bond donors (Lipinski definition) is 1. The van der Waals surface area contributed by atoms with Crippen molar-refractivity contribution in [2.75, 3.05) is 53.0 Å². The average Bonchev–Trinajstić information content (AvgIpc) is 2.80. The molecule has 2 saturated heterocycles. The van der Waals surface area contributed by atoms with E-state index in [1.54, 1.807) is 7.11 Å². The van der Waals surface area contributed by atoms with Gasteiger partial charge in [0, 0.05) is 45.8 Å². The van der Waals surface area contributed by atoms with E-state index in [0.717, 1.165) is 58.7 Å². The highest BCUT2D eigenvalue weighted by Gasteiger charge is 2.23. The number of nitrogens with zero attached hydrogens (tertiary/aromatic N) is 2. The van der Waals surface area contributed by atoms with Gasteiger partial charge < -0.3 is 15.0 Å². The van der Waals surface area contributed by atoms with Gasteiger partial charge in [0.1, 0.15) is 0 Å². The summed E-state index contributed by atoms with van der Waals surface area (Å²) < 4.78 is 5.12. The fourth-order valence-corrected chi connectivity index (χ4v) is 2.94. The fraction of sp³-hybridized carbons (Fsp3) is 0.929. The predicted octanol–water partition coefficient (Wildman–Crippen LogP) is 0.309. The number of hydrogen-bond acceptors (Lipinski definition) is 4. The van der Waals surface area contributed by atoms with E-state index in [2.05, 4.69) is 10.2 Å². The standard InChI is InChI=1S/C14H27N3O2/c1-19-11-10-16-6-3-7-17(9-8-16)14(18)12-13-4-2-5-15-13/h13,15H,2-12H2,1H3. The number of ether oxygens (including phenoxy) is 1.